The van der Waals surface area contributed by atoms with E-state index in [0.29, 0.717) is 30.6 Å². The number of nitrogens with one attached hydrogen (secondary N) is 1. The van der Waals surface area contributed by atoms with E-state index in [9.17, 15) is 9.59 Å². The second-order valence-corrected chi connectivity index (χ2v) is 10.0. The molecule has 0 saturated carbocycles. The fourth-order valence-corrected chi connectivity index (χ4v) is 4.12. The Morgan fingerprint density at radius 1 is 0.688 bits per heavy atom. The topological polar surface area (TPSA) is 55.4 Å². The predicted molar refractivity (Wildman–Crippen MR) is 136 cm³/mol. The number of nitrogens with zero attached hydrogens (tertiary/aromatic N) is 1. The Bertz CT molecular complexity index is 452. The lowest BCUT2D eigenvalue weighted by atomic mass is 10.0. The van der Waals surface area contributed by atoms with Gasteiger partial charge < -0.3 is 14.5 Å². The molecule has 1 amide bonds. The highest BCUT2D eigenvalue weighted by Crippen LogP contribution is 2.13. The van der Waals surface area contributed by atoms with Gasteiger partial charge in [0.2, 0.25) is 5.91 Å². The van der Waals surface area contributed by atoms with Crippen molar-refractivity contribution >= 4 is 11.9 Å². The number of ether oxygens (including phenoxy) is 1. The van der Waals surface area contributed by atoms with Crippen molar-refractivity contribution in [2.24, 2.45) is 0 Å². The lowest BCUT2D eigenvalue weighted by molar-refractivity contribution is -0.883. The van der Waals surface area contributed by atoms with E-state index < -0.39 is 0 Å². The lowest BCUT2D eigenvalue weighted by Crippen LogP contribution is -2.46. The normalized spacial score (nSPS) is 11.5. The number of hydrogen-bond acceptors (Lipinski definition) is 3. The number of quaternary nitrogens is 1. The first kappa shape index (κ1) is 30.9. The van der Waals surface area contributed by atoms with Crippen LogP contribution in [0.4, 0.5) is 0 Å². The molecule has 5 nitrogen and oxygen atoms in total. The minimum atomic E-state index is -0.158. The summed E-state index contributed by atoms with van der Waals surface area (Å²) in [6.07, 6.45) is 21.6. The van der Waals surface area contributed by atoms with Crippen LogP contribution in [0.25, 0.3) is 0 Å². The Morgan fingerprint density at radius 3 is 1.62 bits per heavy atom. The molecule has 5 heteroatoms. The molecule has 0 aliphatic carbocycles. The number of hydrogen-bond donors (Lipinski definition) is 1. The van der Waals surface area contributed by atoms with Crippen molar-refractivity contribution in [2.45, 2.75) is 123 Å². The first-order valence-electron chi connectivity index (χ1n) is 13.7. The zero-order valence-corrected chi connectivity index (χ0v) is 22.0. The fraction of sp³-hybridized carbons (Fsp3) is 0.926. The third-order valence-corrected chi connectivity index (χ3v) is 6.13. The van der Waals surface area contributed by atoms with Gasteiger partial charge >= 0.3 is 5.97 Å². The quantitative estimate of drug-likeness (QED) is 0.110. The zero-order valence-electron chi connectivity index (χ0n) is 22.0. The van der Waals surface area contributed by atoms with Crippen LogP contribution in [-0.2, 0) is 14.3 Å². The highest BCUT2D eigenvalue weighted by Gasteiger charge is 2.20. The van der Waals surface area contributed by atoms with Gasteiger partial charge in [-0.2, -0.15) is 0 Å². The maximum Gasteiger partial charge on any atom is 0.361 e. The number of carbonyl (C=O) groups is 2. The van der Waals surface area contributed by atoms with E-state index in [0.717, 1.165) is 25.8 Å². The summed E-state index contributed by atoms with van der Waals surface area (Å²) in [6, 6.07) is 0. The first-order chi connectivity index (χ1) is 15.4. The molecule has 0 atom stereocenters. The molecule has 32 heavy (non-hydrogen) atoms. The summed E-state index contributed by atoms with van der Waals surface area (Å²) in [5.74, 6) is 0.00472. The third-order valence-electron chi connectivity index (χ3n) is 6.13. The molecule has 0 radical (unpaired) electrons. The van der Waals surface area contributed by atoms with E-state index in [1.165, 1.54) is 83.5 Å². The van der Waals surface area contributed by atoms with E-state index in [1.54, 1.807) is 0 Å². The van der Waals surface area contributed by atoms with Crippen LogP contribution in [0.5, 0.6) is 0 Å². The number of esters is 1. The number of likely N-dealkylation sites (N-methyl/N-ethyl adjacent to an activating group) is 1. The average molecular weight is 456 g/mol. The molecule has 0 spiro atoms. The second kappa shape index (κ2) is 21.7. The van der Waals surface area contributed by atoms with E-state index in [1.807, 2.05) is 21.0 Å². The van der Waals surface area contributed by atoms with Gasteiger partial charge in [-0.05, 0) is 13.3 Å². The number of amides is 1. The van der Waals surface area contributed by atoms with Crippen LogP contribution in [-0.4, -0.2) is 56.7 Å². The molecule has 0 heterocycles. The highest BCUT2D eigenvalue weighted by atomic mass is 16.5. The summed E-state index contributed by atoms with van der Waals surface area (Å²) in [6.45, 7) is 6.43. The van der Waals surface area contributed by atoms with Gasteiger partial charge in [0.15, 0.2) is 6.54 Å². The molecule has 0 bridgehead atoms. The monoisotopic (exact) mass is 455 g/mol. The Labute approximate surface area is 199 Å². The molecule has 0 saturated heterocycles. The molecule has 0 aromatic rings. The molecule has 0 unspecified atom stereocenters. The smallest absolute Gasteiger partial charge is 0.361 e. The zero-order chi connectivity index (χ0) is 23.9. The SMILES string of the molecule is CCCCCCCCCCCCCCCCCC(=O)NCCC[N+](C)(C)CC(=O)OCC. The Hall–Kier alpha value is -1.10. The Morgan fingerprint density at radius 2 is 1.16 bits per heavy atom. The summed E-state index contributed by atoms with van der Waals surface area (Å²) in [5.41, 5.74) is 0. The lowest BCUT2D eigenvalue weighted by Gasteiger charge is -2.28. The van der Waals surface area contributed by atoms with E-state index >= 15 is 0 Å². The molecule has 0 aliphatic heterocycles. The largest absolute Gasteiger partial charge is 0.462 e. The van der Waals surface area contributed by atoms with Crippen molar-refractivity contribution in [1.29, 1.82) is 0 Å². The van der Waals surface area contributed by atoms with Crippen LogP contribution in [0.2, 0.25) is 0 Å². The molecule has 0 aliphatic rings. The van der Waals surface area contributed by atoms with E-state index in [4.69, 9.17) is 4.74 Å². The molecule has 0 fully saturated rings. The summed E-state index contributed by atoms with van der Waals surface area (Å²) in [5, 5.41) is 3.02. The van der Waals surface area contributed by atoms with Gasteiger partial charge in [-0.1, -0.05) is 96.8 Å². The number of carbonyl (C=O) groups excluding carboxylic acids is 2. The molecule has 0 rings (SSSR count). The predicted octanol–water partition coefficient (Wildman–Crippen LogP) is 6.39. The minimum Gasteiger partial charge on any atom is -0.462 e. The van der Waals surface area contributed by atoms with Crippen molar-refractivity contribution in [2.75, 3.05) is 40.3 Å². The van der Waals surface area contributed by atoms with Gasteiger partial charge in [0, 0.05) is 19.4 Å². The number of unbranched alkanes of at least 4 members (excludes halogenated alkanes) is 14. The summed E-state index contributed by atoms with van der Waals surface area (Å²) >= 11 is 0. The van der Waals surface area contributed by atoms with Gasteiger partial charge in [-0.3, -0.25) is 4.79 Å². The molecule has 0 aromatic carbocycles. The van der Waals surface area contributed by atoms with E-state index in [2.05, 4.69) is 12.2 Å². The maximum absolute atomic E-state index is 12.0. The van der Waals surface area contributed by atoms with Crippen molar-refractivity contribution in [3.8, 4) is 0 Å². The van der Waals surface area contributed by atoms with Gasteiger partial charge in [-0.15, -0.1) is 0 Å². The van der Waals surface area contributed by atoms with Crippen molar-refractivity contribution in [3.63, 3.8) is 0 Å². The van der Waals surface area contributed by atoms with Crippen LogP contribution in [0.1, 0.15) is 123 Å². The van der Waals surface area contributed by atoms with Crippen molar-refractivity contribution in [3.05, 3.63) is 0 Å². The second-order valence-electron chi connectivity index (χ2n) is 10.0. The van der Waals surface area contributed by atoms with Gasteiger partial charge in [0.1, 0.15) is 0 Å². The number of rotatable bonds is 23. The third kappa shape index (κ3) is 22.1. The highest BCUT2D eigenvalue weighted by molar-refractivity contribution is 5.75. The van der Waals surface area contributed by atoms with Gasteiger partial charge in [-0.25, -0.2) is 4.79 Å². The van der Waals surface area contributed by atoms with Crippen LogP contribution in [0, 0.1) is 0 Å². The van der Waals surface area contributed by atoms with E-state index in [-0.39, 0.29) is 11.9 Å². The molecule has 1 N–H and O–H groups in total. The summed E-state index contributed by atoms with van der Waals surface area (Å²) < 4.78 is 5.61. The standard InChI is InChI=1S/C27H54N2O3/c1-5-7-8-9-10-11-12-13-14-15-16-17-18-19-20-22-26(30)28-23-21-24-29(3,4)25-27(31)32-6-2/h5-25H2,1-4H3/p+1. The van der Waals surface area contributed by atoms with Crippen molar-refractivity contribution in [1.82, 2.24) is 5.32 Å². The van der Waals surface area contributed by atoms with Crippen LogP contribution >= 0.6 is 0 Å². The molecule has 190 valence electrons. The molecule has 0 aromatic heterocycles. The summed E-state index contributed by atoms with van der Waals surface area (Å²) in [4.78, 5) is 23.6. The van der Waals surface area contributed by atoms with Crippen molar-refractivity contribution < 1.29 is 18.8 Å². The summed E-state index contributed by atoms with van der Waals surface area (Å²) in [7, 11) is 4.04. The Kier molecular flexibility index (Phi) is 21.0. The molecular weight excluding hydrogens is 400 g/mol. The Balaban J connectivity index is 3.39. The van der Waals surface area contributed by atoms with Gasteiger partial charge in [0.25, 0.3) is 0 Å². The van der Waals surface area contributed by atoms with Crippen LogP contribution in [0.3, 0.4) is 0 Å². The first-order valence-corrected chi connectivity index (χ1v) is 13.7. The average Bonchev–Trinajstić information content (AvgIpc) is 2.73. The maximum atomic E-state index is 12.0. The minimum absolute atomic E-state index is 0.158. The molecular formula is C27H55N2O3+. The fourth-order valence-electron chi connectivity index (χ4n) is 4.12. The van der Waals surface area contributed by atoms with Crippen LogP contribution < -0.4 is 5.32 Å². The van der Waals surface area contributed by atoms with Crippen LogP contribution in [0.15, 0.2) is 0 Å². The van der Waals surface area contributed by atoms with Gasteiger partial charge in [0.05, 0.1) is 27.2 Å².